The fourth-order valence-corrected chi connectivity index (χ4v) is 3.29. The van der Waals surface area contributed by atoms with Gasteiger partial charge in [-0.05, 0) is 34.5 Å². The molecule has 0 unspecified atom stereocenters. The van der Waals surface area contributed by atoms with E-state index in [9.17, 15) is 9.59 Å². The number of aryl methyl sites for hydroxylation is 2. The predicted molar refractivity (Wildman–Crippen MR) is 103 cm³/mol. The van der Waals surface area contributed by atoms with Gasteiger partial charge in [-0.25, -0.2) is 9.67 Å². The molecule has 0 radical (unpaired) electrons. The normalized spacial score (nSPS) is 10.9. The van der Waals surface area contributed by atoms with Crippen LogP contribution in [-0.2, 0) is 18.4 Å². The minimum atomic E-state index is -0.367. The van der Waals surface area contributed by atoms with Gasteiger partial charge < -0.3 is 14.8 Å². The van der Waals surface area contributed by atoms with Crippen molar-refractivity contribution in [2.75, 3.05) is 19.5 Å². The molecule has 142 valence electrons. The SMILES string of the molecule is COc1cc(C)c(NC(=O)Cn2cnc3c(c(Br)nn3C)c2=O)cc1OC. The lowest BCUT2D eigenvalue weighted by Crippen LogP contribution is -2.28. The van der Waals surface area contributed by atoms with E-state index in [0.717, 1.165) is 5.56 Å². The molecule has 0 spiro atoms. The molecule has 27 heavy (non-hydrogen) atoms. The maximum Gasteiger partial charge on any atom is 0.266 e. The van der Waals surface area contributed by atoms with Crippen LogP contribution in [0.4, 0.5) is 5.69 Å². The molecule has 0 saturated heterocycles. The van der Waals surface area contributed by atoms with Gasteiger partial charge in [-0.3, -0.25) is 14.2 Å². The molecule has 2 aromatic heterocycles. The zero-order chi connectivity index (χ0) is 19.7. The molecule has 0 saturated carbocycles. The molecular weight excluding hydrogens is 418 g/mol. The van der Waals surface area contributed by atoms with E-state index in [-0.39, 0.29) is 18.0 Å². The highest BCUT2D eigenvalue weighted by atomic mass is 79.9. The molecule has 0 aliphatic rings. The first-order valence-electron chi connectivity index (χ1n) is 7.95. The smallest absolute Gasteiger partial charge is 0.266 e. The number of carbonyl (C=O) groups excluding carboxylic acids is 1. The molecule has 9 nitrogen and oxygen atoms in total. The Bertz CT molecular complexity index is 1090. The van der Waals surface area contributed by atoms with Gasteiger partial charge in [0.1, 0.15) is 22.9 Å². The average Bonchev–Trinajstić information content (AvgIpc) is 2.93. The largest absolute Gasteiger partial charge is 0.493 e. The summed E-state index contributed by atoms with van der Waals surface area (Å²) in [6.07, 6.45) is 1.33. The molecule has 0 bridgehead atoms. The summed E-state index contributed by atoms with van der Waals surface area (Å²) >= 11 is 3.25. The summed E-state index contributed by atoms with van der Waals surface area (Å²) in [6.45, 7) is 1.65. The number of fused-ring (bicyclic) bond motifs is 1. The van der Waals surface area contributed by atoms with Gasteiger partial charge in [0.2, 0.25) is 5.91 Å². The Balaban J connectivity index is 1.87. The maximum absolute atomic E-state index is 12.6. The van der Waals surface area contributed by atoms with Gasteiger partial charge in [-0.15, -0.1) is 0 Å². The predicted octanol–water partition coefficient (Wildman–Crippen LogP) is 1.86. The van der Waals surface area contributed by atoms with E-state index in [1.807, 2.05) is 6.92 Å². The van der Waals surface area contributed by atoms with Crippen molar-refractivity contribution in [3.8, 4) is 11.5 Å². The van der Waals surface area contributed by atoms with Gasteiger partial charge in [-0.1, -0.05) is 0 Å². The number of halogens is 1. The van der Waals surface area contributed by atoms with Crippen LogP contribution in [0.1, 0.15) is 5.56 Å². The maximum atomic E-state index is 12.6. The Hall–Kier alpha value is -2.88. The van der Waals surface area contributed by atoms with Gasteiger partial charge >= 0.3 is 0 Å². The van der Waals surface area contributed by atoms with Gasteiger partial charge in [-0.2, -0.15) is 5.10 Å². The zero-order valence-corrected chi connectivity index (χ0v) is 16.8. The third-order valence-corrected chi connectivity index (χ3v) is 4.64. The van der Waals surface area contributed by atoms with Crippen LogP contribution < -0.4 is 20.3 Å². The van der Waals surface area contributed by atoms with Crippen LogP contribution in [0.25, 0.3) is 11.0 Å². The second kappa shape index (κ2) is 7.39. The Kier molecular flexibility index (Phi) is 5.17. The van der Waals surface area contributed by atoms with E-state index >= 15 is 0 Å². The van der Waals surface area contributed by atoms with Crippen molar-refractivity contribution in [2.45, 2.75) is 13.5 Å². The summed E-state index contributed by atoms with van der Waals surface area (Å²) in [6, 6.07) is 3.44. The second-order valence-corrected chi connectivity index (χ2v) is 6.61. The number of carbonyl (C=O) groups is 1. The van der Waals surface area contributed by atoms with Crippen LogP contribution in [0.5, 0.6) is 11.5 Å². The van der Waals surface area contributed by atoms with Crippen LogP contribution in [0, 0.1) is 6.92 Å². The van der Waals surface area contributed by atoms with Crippen LogP contribution in [0.15, 0.2) is 27.9 Å². The minimum Gasteiger partial charge on any atom is -0.493 e. The first-order valence-corrected chi connectivity index (χ1v) is 8.75. The topological polar surface area (TPSA) is 100 Å². The number of amides is 1. The lowest BCUT2D eigenvalue weighted by Gasteiger charge is -2.14. The second-order valence-electron chi connectivity index (χ2n) is 5.86. The third kappa shape index (κ3) is 3.52. The van der Waals surface area contributed by atoms with Crippen molar-refractivity contribution in [3.63, 3.8) is 0 Å². The number of nitrogens with zero attached hydrogens (tertiary/aromatic N) is 4. The molecule has 2 heterocycles. The van der Waals surface area contributed by atoms with Gasteiger partial charge in [0.25, 0.3) is 5.56 Å². The molecule has 10 heteroatoms. The zero-order valence-electron chi connectivity index (χ0n) is 15.2. The summed E-state index contributed by atoms with van der Waals surface area (Å²) in [5.74, 6) is 0.701. The van der Waals surface area contributed by atoms with Crippen molar-refractivity contribution in [1.29, 1.82) is 0 Å². The van der Waals surface area contributed by atoms with Gasteiger partial charge in [0.15, 0.2) is 17.1 Å². The van der Waals surface area contributed by atoms with Crippen molar-refractivity contribution in [3.05, 3.63) is 39.0 Å². The van der Waals surface area contributed by atoms with E-state index in [2.05, 4.69) is 31.3 Å². The average molecular weight is 436 g/mol. The molecule has 0 aliphatic carbocycles. The van der Waals surface area contributed by atoms with Gasteiger partial charge in [0.05, 0.1) is 14.2 Å². The van der Waals surface area contributed by atoms with E-state index < -0.39 is 0 Å². The monoisotopic (exact) mass is 435 g/mol. The molecule has 3 aromatic rings. The standard InChI is InChI=1S/C17H18BrN5O4/c1-9-5-11(26-3)12(27-4)6-10(9)20-13(24)7-23-8-19-16-14(17(23)25)15(18)21-22(16)2/h5-6,8H,7H2,1-4H3,(H,20,24). The number of hydrogen-bond donors (Lipinski definition) is 1. The number of benzene rings is 1. The number of rotatable bonds is 5. The van der Waals surface area contributed by atoms with E-state index in [0.29, 0.717) is 32.8 Å². The number of anilines is 1. The molecule has 0 fully saturated rings. The summed E-state index contributed by atoms with van der Waals surface area (Å²) in [5, 5.41) is 7.23. The summed E-state index contributed by atoms with van der Waals surface area (Å²) < 4.78 is 13.6. The van der Waals surface area contributed by atoms with Gasteiger partial charge in [0, 0.05) is 18.8 Å². The Morgan fingerprint density at radius 2 is 1.93 bits per heavy atom. The van der Waals surface area contributed by atoms with E-state index in [1.165, 1.54) is 22.7 Å². The first-order chi connectivity index (χ1) is 12.8. The fourth-order valence-electron chi connectivity index (χ4n) is 2.71. The highest BCUT2D eigenvalue weighted by Crippen LogP contribution is 2.32. The van der Waals surface area contributed by atoms with Crippen LogP contribution >= 0.6 is 15.9 Å². The Morgan fingerprint density at radius 3 is 2.59 bits per heavy atom. The van der Waals surface area contributed by atoms with Crippen LogP contribution in [0.3, 0.4) is 0 Å². The molecule has 0 aliphatic heterocycles. The molecular formula is C17H18BrN5O4. The highest BCUT2D eigenvalue weighted by molar-refractivity contribution is 9.10. The molecule has 3 rings (SSSR count). The number of methoxy groups -OCH3 is 2. The summed E-state index contributed by atoms with van der Waals surface area (Å²) in [5.41, 5.74) is 1.47. The summed E-state index contributed by atoms with van der Waals surface area (Å²) in [7, 11) is 4.75. The molecule has 1 N–H and O–H groups in total. The number of hydrogen-bond acceptors (Lipinski definition) is 6. The summed E-state index contributed by atoms with van der Waals surface area (Å²) in [4.78, 5) is 29.3. The molecule has 1 amide bonds. The fraction of sp³-hybridized carbons (Fsp3) is 0.294. The number of aromatic nitrogens is 4. The minimum absolute atomic E-state index is 0.184. The van der Waals surface area contributed by atoms with E-state index in [4.69, 9.17) is 9.47 Å². The van der Waals surface area contributed by atoms with Crippen molar-refractivity contribution >= 4 is 38.6 Å². The van der Waals surface area contributed by atoms with Crippen LogP contribution in [-0.4, -0.2) is 39.5 Å². The van der Waals surface area contributed by atoms with Crippen molar-refractivity contribution in [2.24, 2.45) is 7.05 Å². The number of ether oxygens (including phenoxy) is 2. The number of nitrogens with one attached hydrogen (secondary N) is 1. The Morgan fingerprint density at radius 1 is 1.26 bits per heavy atom. The first kappa shape index (κ1) is 18.9. The quantitative estimate of drug-likeness (QED) is 0.656. The van der Waals surface area contributed by atoms with E-state index in [1.54, 1.807) is 26.3 Å². The Labute approximate surface area is 163 Å². The van der Waals surface area contributed by atoms with Crippen molar-refractivity contribution in [1.82, 2.24) is 19.3 Å². The molecule has 0 atom stereocenters. The van der Waals surface area contributed by atoms with Crippen molar-refractivity contribution < 1.29 is 14.3 Å². The van der Waals surface area contributed by atoms with Crippen LogP contribution in [0.2, 0.25) is 0 Å². The third-order valence-electron chi connectivity index (χ3n) is 4.09. The highest BCUT2D eigenvalue weighted by Gasteiger charge is 2.16. The lowest BCUT2D eigenvalue weighted by atomic mass is 10.1. The lowest BCUT2D eigenvalue weighted by molar-refractivity contribution is -0.116. The molecule has 1 aromatic carbocycles.